The molecule has 0 fully saturated rings. The van der Waals surface area contributed by atoms with Crippen molar-refractivity contribution in [2.75, 3.05) is 0 Å². The molecule has 0 aliphatic heterocycles. The second kappa shape index (κ2) is 8.26. The summed E-state index contributed by atoms with van der Waals surface area (Å²) >= 11 is 0. The Labute approximate surface area is 160 Å². The van der Waals surface area contributed by atoms with Crippen LogP contribution in [0.1, 0.15) is 46.1 Å². The molecule has 2 rings (SSSR count). The van der Waals surface area contributed by atoms with Crippen molar-refractivity contribution in [2.45, 2.75) is 46.1 Å². The van der Waals surface area contributed by atoms with E-state index in [0.717, 1.165) is 12.0 Å². The Kier molecular flexibility index (Phi) is 6.28. The van der Waals surface area contributed by atoms with Gasteiger partial charge in [-0.05, 0) is 57.2 Å². The molecular weight excluding hydrogens is 343 g/mol. The summed E-state index contributed by atoms with van der Waals surface area (Å²) in [6, 6.07) is 12.9. The second-order valence-electron chi connectivity index (χ2n) is 7.44. The Balaban J connectivity index is 2.27. The van der Waals surface area contributed by atoms with E-state index in [4.69, 9.17) is 15.9 Å². The Morgan fingerprint density at radius 2 is 1.56 bits per heavy atom. The molecule has 142 valence electrons. The van der Waals surface area contributed by atoms with Crippen molar-refractivity contribution < 1.29 is 18.7 Å². The molecule has 2 aromatic carbocycles. The average Bonchev–Trinajstić information content (AvgIpc) is 2.63. The fourth-order valence-electron chi connectivity index (χ4n) is 2.53. The van der Waals surface area contributed by atoms with Crippen LogP contribution in [-0.4, -0.2) is 5.97 Å². The van der Waals surface area contributed by atoms with Gasteiger partial charge in [-0.25, -0.2) is 4.39 Å². The standard InChI is InChI=1S/C23H25FO3/c1-6-16-23(7-2,27-21(25)22(3,4)5)17-8-12-19(13-9-17)26-20-14-10-18(24)11-15-20/h2,8-15H,6,16H2,1,3-5H3. The van der Waals surface area contributed by atoms with Gasteiger partial charge in [0.05, 0.1) is 5.41 Å². The first-order valence-electron chi connectivity index (χ1n) is 8.95. The first-order valence-corrected chi connectivity index (χ1v) is 8.95. The van der Waals surface area contributed by atoms with Crippen LogP contribution in [0.2, 0.25) is 0 Å². The molecule has 1 atom stereocenters. The van der Waals surface area contributed by atoms with E-state index in [1.54, 1.807) is 57.2 Å². The van der Waals surface area contributed by atoms with E-state index in [1.165, 1.54) is 12.1 Å². The highest BCUT2D eigenvalue weighted by Gasteiger charge is 2.37. The van der Waals surface area contributed by atoms with Crippen molar-refractivity contribution >= 4 is 5.97 Å². The molecule has 0 heterocycles. The van der Waals surface area contributed by atoms with Crippen molar-refractivity contribution in [1.29, 1.82) is 0 Å². The first kappa shape index (κ1) is 20.5. The van der Waals surface area contributed by atoms with Gasteiger partial charge >= 0.3 is 5.97 Å². The van der Waals surface area contributed by atoms with Gasteiger partial charge in [-0.3, -0.25) is 4.79 Å². The second-order valence-corrected chi connectivity index (χ2v) is 7.44. The fourth-order valence-corrected chi connectivity index (χ4v) is 2.53. The summed E-state index contributed by atoms with van der Waals surface area (Å²) in [4.78, 5) is 12.4. The van der Waals surface area contributed by atoms with Crippen molar-refractivity contribution in [3.05, 3.63) is 59.9 Å². The van der Waals surface area contributed by atoms with E-state index in [9.17, 15) is 9.18 Å². The third kappa shape index (κ3) is 5.10. The molecule has 0 amide bonds. The van der Waals surface area contributed by atoms with Crippen LogP contribution in [0, 0.1) is 23.6 Å². The van der Waals surface area contributed by atoms with Crippen LogP contribution in [0.15, 0.2) is 48.5 Å². The van der Waals surface area contributed by atoms with E-state index in [2.05, 4.69) is 5.92 Å². The lowest BCUT2D eigenvalue weighted by molar-refractivity contribution is -0.165. The van der Waals surface area contributed by atoms with E-state index in [0.29, 0.717) is 17.9 Å². The van der Waals surface area contributed by atoms with Crippen molar-refractivity contribution in [2.24, 2.45) is 5.41 Å². The van der Waals surface area contributed by atoms with Gasteiger partial charge in [0.25, 0.3) is 0 Å². The highest BCUT2D eigenvalue weighted by Crippen LogP contribution is 2.35. The summed E-state index contributed by atoms with van der Waals surface area (Å²) in [5, 5.41) is 0. The SMILES string of the molecule is C#CC(CCC)(OC(=O)C(C)(C)C)c1ccc(Oc2ccc(F)cc2)cc1. The maximum Gasteiger partial charge on any atom is 0.313 e. The summed E-state index contributed by atoms with van der Waals surface area (Å²) in [7, 11) is 0. The number of rotatable bonds is 6. The Morgan fingerprint density at radius 3 is 2.00 bits per heavy atom. The van der Waals surface area contributed by atoms with Gasteiger partial charge in [0, 0.05) is 12.0 Å². The predicted molar refractivity (Wildman–Crippen MR) is 104 cm³/mol. The van der Waals surface area contributed by atoms with E-state index in [-0.39, 0.29) is 11.8 Å². The summed E-state index contributed by atoms with van der Waals surface area (Å²) in [5.74, 6) is 3.12. The topological polar surface area (TPSA) is 35.5 Å². The molecule has 1 unspecified atom stereocenters. The van der Waals surface area contributed by atoms with Crippen LogP contribution in [0.3, 0.4) is 0 Å². The van der Waals surface area contributed by atoms with Crippen molar-refractivity contribution in [1.82, 2.24) is 0 Å². The average molecular weight is 368 g/mol. The molecule has 2 aromatic rings. The minimum absolute atomic E-state index is 0.322. The zero-order chi connectivity index (χ0) is 20.1. The largest absolute Gasteiger partial charge is 0.457 e. The Morgan fingerprint density at radius 1 is 1.04 bits per heavy atom. The Bertz CT molecular complexity index is 811. The minimum Gasteiger partial charge on any atom is -0.457 e. The number of hydrogen-bond acceptors (Lipinski definition) is 3. The van der Waals surface area contributed by atoms with Crippen LogP contribution in [-0.2, 0) is 15.1 Å². The van der Waals surface area contributed by atoms with E-state index >= 15 is 0 Å². The first-order chi connectivity index (χ1) is 12.7. The van der Waals surface area contributed by atoms with Crippen molar-refractivity contribution in [3.8, 4) is 23.8 Å². The lowest BCUT2D eigenvalue weighted by Gasteiger charge is -2.32. The van der Waals surface area contributed by atoms with Gasteiger partial charge in [0.15, 0.2) is 5.60 Å². The van der Waals surface area contributed by atoms with Gasteiger partial charge in [-0.1, -0.05) is 31.4 Å². The quantitative estimate of drug-likeness (QED) is 0.475. The van der Waals surface area contributed by atoms with Gasteiger partial charge in [0.2, 0.25) is 0 Å². The molecule has 0 saturated heterocycles. The molecule has 0 aliphatic rings. The maximum atomic E-state index is 13.0. The highest BCUT2D eigenvalue weighted by molar-refractivity contribution is 5.76. The van der Waals surface area contributed by atoms with E-state index < -0.39 is 11.0 Å². The molecular formula is C23H25FO3. The smallest absolute Gasteiger partial charge is 0.313 e. The third-order valence-electron chi connectivity index (χ3n) is 4.08. The number of carbonyl (C=O) groups is 1. The molecule has 0 saturated carbocycles. The summed E-state index contributed by atoms with van der Waals surface area (Å²) in [6.45, 7) is 7.37. The summed E-state index contributed by atoms with van der Waals surface area (Å²) in [5.41, 5.74) is -1.05. The maximum absolute atomic E-state index is 13.0. The van der Waals surface area contributed by atoms with E-state index in [1.807, 2.05) is 6.92 Å². The predicted octanol–water partition coefficient (Wildman–Crippen LogP) is 5.84. The number of halogens is 1. The van der Waals surface area contributed by atoms with Crippen LogP contribution in [0.4, 0.5) is 4.39 Å². The lowest BCUT2D eigenvalue weighted by atomic mass is 9.88. The van der Waals surface area contributed by atoms with Gasteiger partial charge < -0.3 is 9.47 Å². The molecule has 4 heteroatoms. The van der Waals surface area contributed by atoms with Gasteiger partial charge in [0.1, 0.15) is 17.3 Å². The lowest BCUT2D eigenvalue weighted by Crippen LogP contribution is -2.36. The minimum atomic E-state index is -1.12. The molecule has 27 heavy (non-hydrogen) atoms. The number of esters is 1. The van der Waals surface area contributed by atoms with Crippen molar-refractivity contribution in [3.63, 3.8) is 0 Å². The summed E-state index contributed by atoms with van der Waals surface area (Å²) < 4.78 is 24.5. The normalized spacial score (nSPS) is 13.3. The zero-order valence-corrected chi connectivity index (χ0v) is 16.2. The third-order valence-corrected chi connectivity index (χ3v) is 4.08. The number of terminal acetylenes is 1. The number of carbonyl (C=O) groups excluding carboxylic acids is 1. The monoisotopic (exact) mass is 368 g/mol. The molecule has 0 N–H and O–H groups in total. The number of hydrogen-bond donors (Lipinski definition) is 0. The molecule has 0 bridgehead atoms. The number of benzene rings is 2. The zero-order valence-electron chi connectivity index (χ0n) is 16.2. The number of ether oxygens (including phenoxy) is 2. The summed E-state index contributed by atoms with van der Waals surface area (Å²) in [6.07, 6.45) is 7.08. The van der Waals surface area contributed by atoms with Crippen LogP contribution in [0.5, 0.6) is 11.5 Å². The molecule has 0 radical (unpaired) electrons. The molecule has 3 nitrogen and oxygen atoms in total. The van der Waals surface area contributed by atoms with Crippen LogP contribution in [0.25, 0.3) is 0 Å². The van der Waals surface area contributed by atoms with Crippen LogP contribution >= 0.6 is 0 Å². The highest BCUT2D eigenvalue weighted by atomic mass is 19.1. The van der Waals surface area contributed by atoms with Gasteiger partial charge in [-0.2, -0.15) is 0 Å². The molecule has 0 spiro atoms. The molecule has 0 aromatic heterocycles. The van der Waals surface area contributed by atoms with Crippen LogP contribution < -0.4 is 4.74 Å². The van der Waals surface area contributed by atoms with Gasteiger partial charge in [-0.15, -0.1) is 6.42 Å². The molecule has 0 aliphatic carbocycles. The fraction of sp³-hybridized carbons (Fsp3) is 0.348. The Hall–Kier alpha value is -2.80.